The molecule has 31 heavy (non-hydrogen) atoms. The molecule has 6 heteroatoms. The van der Waals surface area contributed by atoms with Crippen molar-refractivity contribution in [2.75, 3.05) is 5.01 Å². The minimum atomic E-state index is -0.401. The van der Waals surface area contributed by atoms with Crippen LogP contribution in [0.25, 0.3) is 17.4 Å². The van der Waals surface area contributed by atoms with Crippen molar-refractivity contribution >= 4 is 29.4 Å². The molecule has 2 heterocycles. The molecular weight excluding hydrogens is 392 g/mol. The second kappa shape index (κ2) is 8.44. The molecule has 1 aliphatic rings. The zero-order valence-electron chi connectivity index (χ0n) is 17.5. The summed E-state index contributed by atoms with van der Waals surface area (Å²) in [7, 11) is 0. The third-order valence-corrected chi connectivity index (χ3v) is 4.72. The van der Waals surface area contributed by atoms with Gasteiger partial charge in [-0.1, -0.05) is 30.3 Å². The van der Waals surface area contributed by atoms with Gasteiger partial charge in [0.1, 0.15) is 11.5 Å². The lowest BCUT2D eigenvalue weighted by atomic mass is 10.1. The summed E-state index contributed by atoms with van der Waals surface area (Å²) in [6.07, 6.45) is 1.50. The number of hydrogen-bond donors (Lipinski definition) is 0. The predicted octanol–water partition coefficient (Wildman–Crippen LogP) is 5.32. The summed E-state index contributed by atoms with van der Waals surface area (Å²) in [5.74, 6) is 0.646. The van der Waals surface area contributed by atoms with E-state index in [0.717, 1.165) is 11.3 Å². The van der Waals surface area contributed by atoms with Gasteiger partial charge in [-0.2, -0.15) is 10.1 Å². The van der Waals surface area contributed by atoms with Gasteiger partial charge in [0.15, 0.2) is 0 Å². The minimum absolute atomic E-state index is 0.198. The quantitative estimate of drug-likeness (QED) is 0.419. The van der Waals surface area contributed by atoms with Crippen LogP contribution >= 0.6 is 0 Å². The standard InChI is InChI=1S/C25H22N2O4/c1-16(2)30-25(29)19-9-11-20(12-10-19)27-24(28)22(17(3)26-27)15-21-13-14-23(31-21)18-7-5-4-6-8-18/h4-16H,1-3H3. The Morgan fingerprint density at radius 1 is 1.03 bits per heavy atom. The monoisotopic (exact) mass is 414 g/mol. The molecule has 0 unspecified atom stereocenters. The molecule has 0 N–H and O–H groups in total. The van der Waals surface area contributed by atoms with E-state index < -0.39 is 5.97 Å². The average molecular weight is 414 g/mol. The van der Waals surface area contributed by atoms with Crippen LogP contribution in [0.2, 0.25) is 0 Å². The maximum Gasteiger partial charge on any atom is 0.338 e. The molecule has 0 bridgehead atoms. The van der Waals surface area contributed by atoms with Gasteiger partial charge in [0.05, 0.1) is 28.6 Å². The van der Waals surface area contributed by atoms with Gasteiger partial charge in [-0.15, -0.1) is 0 Å². The first-order valence-electron chi connectivity index (χ1n) is 10.0. The molecule has 0 saturated carbocycles. The maximum absolute atomic E-state index is 13.0. The van der Waals surface area contributed by atoms with Gasteiger partial charge in [-0.3, -0.25) is 4.79 Å². The van der Waals surface area contributed by atoms with Crippen LogP contribution in [0.1, 0.15) is 36.9 Å². The molecule has 3 aromatic rings. The third kappa shape index (κ3) is 4.33. The molecule has 0 spiro atoms. The molecule has 1 aromatic heterocycles. The smallest absolute Gasteiger partial charge is 0.338 e. The molecule has 2 aromatic carbocycles. The van der Waals surface area contributed by atoms with Crippen molar-refractivity contribution in [2.45, 2.75) is 26.9 Å². The molecule has 0 radical (unpaired) electrons. The Morgan fingerprint density at radius 2 is 1.74 bits per heavy atom. The highest BCUT2D eigenvalue weighted by molar-refractivity contribution is 6.32. The van der Waals surface area contributed by atoms with E-state index in [1.807, 2.05) is 42.5 Å². The fourth-order valence-corrected chi connectivity index (χ4v) is 3.21. The van der Waals surface area contributed by atoms with E-state index in [4.69, 9.17) is 9.15 Å². The maximum atomic E-state index is 13.0. The summed E-state index contributed by atoms with van der Waals surface area (Å²) in [6, 6.07) is 20.1. The normalized spacial score (nSPS) is 15.0. The van der Waals surface area contributed by atoms with Gasteiger partial charge in [0.2, 0.25) is 0 Å². The largest absolute Gasteiger partial charge is 0.459 e. The van der Waals surface area contributed by atoms with Crippen LogP contribution in [0.5, 0.6) is 0 Å². The average Bonchev–Trinajstić information content (AvgIpc) is 3.34. The van der Waals surface area contributed by atoms with E-state index in [2.05, 4.69) is 5.10 Å². The molecule has 0 saturated heterocycles. The topological polar surface area (TPSA) is 72.1 Å². The van der Waals surface area contributed by atoms with E-state index in [0.29, 0.717) is 28.3 Å². The number of ether oxygens (including phenoxy) is 1. The Hall–Kier alpha value is -3.93. The van der Waals surface area contributed by atoms with Crippen molar-refractivity contribution in [3.05, 3.63) is 83.6 Å². The Labute approximate surface area is 180 Å². The summed E-state index contributed by atoms with van der Waals surface area (Å²) >= 11 is 0. The Kier molecular flexibility index (Phi) is 5.54. The van der Waals surface area contributed by atoms with Crippen LogP contribution in [-0.4, -0.2) is 23.7 Å². The van der Waals surface area contributed by atoms with Crippen LogP contribution < -0.4 is 5.01 Å². The first-order chi connectivity index (χ1) is 14.9. The van der Waals surface area contributed by atoms with Gasteiger partial charge in [0, 0.05) is 5.56 Å². The first kappa shape index (κ1) is 20.3. The number of rotatable bonds is 5. The van der Waals surface area contributed by atoms with Gasteiger partial charge >= 0.3 is 5.97 Å². The van der Waals surface area contributed by atoms with Crippen molar-refractivity contribution in [1.82, 2.24) is 0 Å². The number of furan rings is 1. The number of hydrogen-bond acceptors (Lipinski definition) is 5. The number of benzene rings is 2. The molecule has 0 aliphatic carbocycles. The number of amides is 1. The molecular formula is C25H22N2O4. The molecule has 156 valence electrons. The SMILES string of the molecule is CC1=NN(c2ccc(C(=O)OC(C)C)cc2)C(=O)C1=Cc1ccc(-c2ccccc2)o1. The van der Waals surface area contributed by atoms with Crippen LogP contribution in [0.4, 0.5) is 5.69 Å². The summed E-state index contributed by atoms with van der Waals surface area (Å²) < 4.78 is 11.1. The van der Waals surface area contributed by atoms with E-state index in [9.17, 15) is 9.59 Å². The fourth-order valence-electron chi connectivity index (χ4n) is 3.21. The van der Waals surface area contributed by atoms with Crippen LogP contribution in [-0.2, 0) is 9.53 Å². The Balaban J connectivity index is 1.53. The van der Waals surface area contributed by atoms with Crippen LogP contribution in [0.15, 0.2) is 81.8 Å². The second-order valence-electron chi connectivity index (χ2n) is 7.43. The van der Waals surface area contributed by atoms with E-state index in [1.54, 1.807) is 51.1 Å². The summed E-state index contributed by atoms with van der Waals surface area (Å²) in [5, 5.41) is 5.70. The summed E-state index contributed by atoms with van der Waals surface area (Å²) in [6.45, 7) is 5.36. The van der Waals surface area contributed by atoms with Crippen molar-refractivity contribution in [3.8, 4) is 11.3 Å². The van der Waals surface area contributed by atoms with Crippen molar-refractivity contribution in [1.29, 1.82) is 0 Å². The highest BCUT2D eigenvalue weighted by Gasteiger charge is 2.29. The van der Waals surface area contributed by atoms with Gasteiger partial charge < -0.3 is 9.15 Å². The van der Waals surface area contributed by atoms with Crippen molar-refractivity contribution < 1.29 is 18.7 Å². The zero-order valence-corrected chi connectivity index (χ0v) is 17.5. The fraction of sp³-hybridized carbons (Fsp3) is 0.160. The number of hydrazone groups is 1. The lowest BCUT2D eigenvalue weighted by Gasteiger charge is -2.13. The van der Waals surface area contributed by atoms with Gasteiger partial charge in [-0.05, 0) is 63.2 Å². The highest BCUT2D eigenvalue weighted by atomic mass is 16.5. The van der Waals surface area contributed by atoms with E-state index >= 15 is 0 Å². The van der Waals surface area contributed by atoms with E-state index in [-0.39, 0.29) is 12.0 Å². The lowest BCUT2D eigenvalue weighted by molar-refractivity contribution is -0.114. The van der Waals surface area contributed by atoms with Crippen LogP contribution in [0.3, 0.4) is 0 Å². The highest BCUT2D eigenvalue weighted by Crippen LogP contribution is 2.27. The second-order valence-corrected chi connectivity index (χ2v) is 7.43. The third-order valence-electron chi connectivity index (χ3n) is 4.72. The van der Waals surface area contributed by atoms with Crippen LogP contribution in [0, 0.1) is 0 Å². The van der Waals surface area contributed by atoms with Gasteiger partial charge in [-0.25, -0.2) is 4.79 Å². The molecule has 4 rings (SSSR count). The number of esters is 1. The molecule has 1 aliphatic heterocycles. The van der Waals surface area contributed by atoms with Crippen molar-refractivity contribution in [2.24, 2.45) is 5.10 Å². The molecule has 0 atom stereocenters. The Bertz CT molecular complexity index is 1170. The number of anilines is 1. The zero-order chi connectivity index (χ0) is 22.0. The number of carbonyl (C=O) groups is 2. The van der Waals surface area contributed by atoms with Gasteiger partial charge in [0.25, 0.3) is 5.91 Å². The predicted molar refractivity (Wildman–Crippen MR) is 120 cm³/mol. The Morgan fingerprint density at radius 3 is 2.42 bits per heavy atom. The minimum Gasteiger partial charge on any atom is -0.459 e. The molecule has 1 amide bonds. The number of nitrogens with zero attached hydrogens (tertiary/aromatic N) is 2. The lowest BCUT2D eigenvalue weighted by Crippen LogP contribution is -2.21. The van der Waals surface area contributed by atoms with Crippen molar-refractivity contribution in [3.63, 3.8) is 0 Å². The summed E-state index contributed by atoms with van der Waals surface area (Å²) in [4.78, 5) is 25.0. The number of carbonyl (C=O) groups excluding carboxylic acids is 2. The first-order valence-corrected chi connectivity index (χ1v) is 10.0. The van der Waals surface area contributed by atoms with E-state index in [1.165, 1.54) is 5.01 Å². The molecule has 0 fully saturated rings. The molecule has 6 nitrogen and oxygen atoms in total. The summed E-state index contributed by atoms with van der Waals surface area (Å²) in [5.41, 5.74) is 3.00.